The Morgan fingerprint density at radius 1 is 0.963 bits per heavy atom. The largest absolute Gasteiger partial charge is 0.381 e. The summed E-state index contributed by atoms with van der Waals surface area (Å²) in [5.74, 6) is 0.711. The molecule has 0 bridgehead atoms. The second-order valence-corrected chi connectivity index (χ2v) is 8.47. The van der Waals surface area contributed by atoms with Gasteiger partial charge in [0.1, 0.15) is 6.33 Å². The fraction of sp³-hybridized carbons (Fsp3) is 0.810. The first-order chi connectivity index (χ1) is 13.4. The van der Waals surface area contributed by atoms with Crippen molar-refractivity contribution in [2.45, 2.75) is 44.6 Å². The third-order valence-electron chi connectivity index (χ3n) is 6.48. The molecule has 6 nitrogen and oxygen atoms in total. The molecule has 0 spiro atoms. The average molecular weight is 374 g/mol. The first-order valence-corrected chi connectivity index (χ1v) is 10.9. The highest BCUT2D eigenvalue weighted by molar-refractivity contribution is 5.42. The molecule has 4 rings (SSSR count). The molecule has 0 radical (unpaired) electrons. The normalized spacial score (nSPS) is 27.5. The molecule has 6 heteroatoms. The van der Waals surface area contributed by atoms with Gasteiger partial charge in [0, 0.05) is 45.4 Å². The van der Waals surface area contributed by atoms with Gasteiger partial charge in [-0.2, -0.15) is 0 Å². The lowest BCUT2D eigenvalue weighted by atomic mass is 9.91. The van der Waals surface area contributed by atoms with Crippen molar-refractivity contribution in [2.24, 2.45) is 5.92 Å². The summed E-state index contributed by atoms with van der Waals surface area (Å²) in [5, 5.41) is 0. The maximum absolute atomic E-state index is 6.05. The predicted molar refractivity (Wildman–Crippen MR) is 108 cm³/mol. The van der Waals surface area contributed by atoms with Crippen LogP contribution in [0.1, 0.15) is 38.5 Å². The monoisotopic (exact) mass is 373 g/mol. The van der Waals surface area contributed by atoms with E-state index in [2.05, 4.69) is 24.7 Å². The quantitative estimate of drug-likeness (QED) is 0.683. The number of hydrogen-bond donors (Lipinski definition) is 0. The lowest BCUT2D eigenvalue weighted by molar-refractivity contribution is 0.0306. The Balaban J connectivity index is 1.12. The summed E-state index contributed by atoms with van der Waals surface area (Å²) >= 11 is 0. The molecule has 0 unspecified atom stereocenters. The first kappa shape index (κ1) is 19.1. The Bertz CT molecular complexity index is 551. The molecule has 2 atom stereocenters. The molecule has 3 saturated heterocycles. The summed E-state index contributed by atoms with van der Waals surface area (Å²) < 4.78 is 6.05. The van der Waals surface area contributed by atoms with Gasteiger partial charge in [-0.1, -0.05) is 6.42 Å². The van der Waals surface area contributed by atoms with E-state index in [-0.39, 0.29) is 0 Å². The molecule has 3 aliphatic rings. The van der Waals surface area contributed by atoms with Crippen molar-refractivity contribution in [3.05, 3.63) is 18.7 Å². The van der Waals surface area contributed by atoms with E-state index in [9.17, 15) is 0 Å². The zero-order valence-electron chi connectivity index (χ0n) is 16.6. The fourth-order valence-electron chi connectivity index (χ4n) is 4.91. The standard InChI is InChI=1S/C21H35N5O/c1-2-7-24(8-3-1)9-4-12-27-17-19-5-6-20-16-26(11-10-25(20)15-19)21-13-22-18-23-14-21/h13-14,18-20H,1-12,15-17H2/t19-,20+/m1/s1. The van der Waals surface area contributed by atoms with E-state index >= 15 is 0 Å². The zero-order chi connectivity index (χ0) is 18.3. The van der Waals surface area contributed by atoms with Gasteiger partial charge in [-0.15, -0.1) is 0 Å². The first-order valence-electron chi connectivity index (χ1n) is 10.9. The summed E-state index contributed by atoms with van der Waals surface area (Å²) in [6.45, 7) is 10.2. The molecule has 3 fully saturated rings. The van der Waals surface area contributed by atoms with Gasteiger partial charge >= 0.3 is 0 Å². The van der Waals surface area contributed by atoms with Crippen LogP contribution in [-0.2, 0) is 4.74 Å². The highest BCUT2D eigenvalue weighted by Crippen LogP contribution is 2.27. The number of likely N-dealkylation sites (tertiary alicyclic amines) is 1. The predicted octanol–water partition coefficient (Wildman–Crippen LogP) is 2.27. The number of aromatic nitrogens is 2. The Kier molecular flexibility index (Phi) is 6.93. The van der Waals surface area contributed by atoms with Crippen LogP contribution in [0.15, 0.2) is 18.7 Å². The maximum Gasteiger partial charge on any atom is 0.115 e. The van der Waals surface area contributed by atoms with Gasteiger partial charge in [0.15, 0.2) is 0 Å². The molecule has 3 aliphatic heterocycles. The highest BCUT2D eigenvalue weighted by Gasteiger charge is 2.33. The lowest BCUT2D eigenvalue weighted by Gasteiger charge is -2.46. The van der Waals surface area contributed by atoms with E-state index in [1.54, 1.807) is 6.33 Å². The Hall–Kier alpha value is -1.24. The molecule has 1 aromatic heterocycles. The number of ether oxygens (including phenoxy) is 1. The Morgan fingerprint density at radius 2 is 1.81 bits per heavy atom. The smallest absolute Gasteiger partial charge is 0.115 e. The van der Waals surface area contributed by atoms with Gasteiger partial charge in [0.2, 0.25) is 0 Å². The van der Waals surface area contributed by atoms with E-state index in [4.69, 9.17) is 4.74 Å². The SMILES string of the molecule is c1ncc(N2CCN3C[C@H](COCCCN4CCCCC4)CC[C@H]3C2)cn1. The summed E-state index contributed by atoms with van der Waals surface area (Å²) in [5.41, 5.74) is 1.16. The number of piperidine rings is 2. The Morgan fingerprint density at radius 3 is 2.67 bits per heavy atom. The van der Waals surface area contributed by atoms with Gasteiger partial charge in [-0.3, -0.25) is 4.90 Å². The van der Waals surface area contributed by atoms with Crippen molar-refractivity contribution in [3.63, 3.8) is 0 Å². The van der Waals surface area contributed by atoms with E-state index in [0.717, 1.165) is 38.5 Å². The van der Waals surface area contributed by atoms with Crippen molar-refractivity contribution >= 4 is 5.69 Å². The van der Waals surface area contributed by atoms with Crippen molar-refractivity contribution in [1.29, 1.82) is 0 Å². The van der Waals surface area contributed by atoms with Gasteiger partial charge < -0.3 is 14.5 Å². The van der Waals surface area contributed by atoms with Crippen LogP contribution in [0.3, 0.4) is 0 Å². The van der Waals surface area contributed by atoms with Gasteiger partial charge in [-0.25, -0.2) is 9.97 Å². The van der Waals surface area contributed by atoms with Gasteiger partial charge in [0.25, 0.3) is 0 Å². The molecular formula is C21H35N5O. The second kappa shape index (κ2) is 9.80. The molecule has 150 valence electrons. The molecule has 0 aromatic carbocycles. The van der Waals surface area contributed by atoms with E-state index < -0.39 is 0 Å². The van der Waals surface area contributed by atoms with Crippen molar-refractivity contribution in [1.82, 2.24) is 19.8 Å². The van der Waals surface area contributed by atoms with Crippen molar-refractivity contribution in [2.75, 3.05) is 63.9 Å². The summed E-state index contributed by atoms with van der Waals surface area (Å²) in [6.07, 6.45) is 13.4. The molecular weight excluding hydrogens is 338 g/mol. The minimum atomic E-state index is 0.675. The molecule has 1 aromatic rings. The topological polar surface area (TPSA) is 44.7 Å². The van der Waals surface area contributed by atoms with E-state index in [1.807, 2.05) is 12.4 Å². The third-order valence-corrected chi connectivity index (χ3v) is 6.48. The number of piperazine rings is 1. The lowest BCUT2D eigenvalue weighted by Crippen LogP contribution is -2.57. The van der Waals surface area contributed by atoms with Crippen LogP contribution >= 0.6 is 0 Å². The number of hydrogen-bond acceptors (Lipinski definition) is 6. The van der Waals surface area contributed by atoms with Crippen LogP contribution in [-0.4, -0.2) is 84.8 Å². The minimum Gasteiger partial charge on any atom is -0.381 e. The minimum absolute atomic E-state index is 0.675. The average Bonchev–Trinajstić information content (AvgIpc) is 2.74. The third kappa shape index (κ3) is 5.39. The number of rotatable bonds is 7. The summed E-state index contributed by atoms with van der Waals surface area (Å²) in [6, 6.07) is 0.675. The molecule has 27 heavy (non-hydrogen) atoms. The van der Waals surface area contributed by atoms with Crippen LogP contribution in [0.2, 0.25) is 0 Å². The van der Waals surface area contributed by atoms with Crippen LogP contribution in [0.4, 0.5) is 5.69 Å². The molecule has 0 aliphatic carbocycles. The number of anilines is 1. The number of nitrogens with zero attached hydrogens (tertiary/aromatic N) is 5. The van der Waals surface area contributed by atoms with Crippen molar-refractivity contribution in [3.8, 4) is 0 Å². The highest BCUT2D eigenvalue weighted by atomic mass is 16.5. The Labute approximate surface area is 163 Å². The maximum atomic E-state index is 6.05. The van der Waals surface area contributed by atoms with Crippen molar-refractivity contribution < 1.29 is 4.74 Å². The molecule has 0 N–H and O–H groups in total. The van der Waals surface area contributed by atoms with E-state index in [1.165, 1.54) is 64.7 Å². The van der Waals surface area contributed by atoms with Crippen LogP contribution < -0.4 is 4.90 Å². The van der Waals surface area contributed by atoms with E-state index in [0.29, 0.717) is 12.0 Å². The van der Waals surface area contributed by atoms with Gasteiger partial charge in [-0.05, 0) is 51.1 Å². The van der Waals surface area contributed by atoms with Crippen LogP contribution in [0.25, 0.3) is 0 Å². The number of fused-ring (bicyclic) bond motifs is 1. The summed E-state index contributed by atoms with van der Waals surface area (Å²) in [7, 11) is 0. The van der Waals surface area contributed by atoms with Crippen LogP contribution in [0.5, 0.6) is 0 Å². The summed E-state index contributed by atoms with van der Waals surface area (Å²) in [4.78, 5) is 16.1. The molecule has 0 amide bonds. The van der Waals surface area contributed by atoms with Gasteiger partial charge in [0.05, 0.1) is 24.7 Å². The van der Waals surface area contributed by atoms with Crippen LogP contribution in [0, 0.1) is 5.92 Å². The fourth-order valence-corrected chi connectivity index (χ4v) is 4.91. The second-order valence-electron chi connectivity index (χ2n) is 8.47. The molecule has 0 saturated carbocycles. The molecule has 4 heterocycles. The zero-order valence-corrected chi connectivity index (χ0v) is 16.6.